The molecule has 0 unspecified atom stereocenters. The predicted molar refractivity (Wildman–Crippen MR) is 112 cm³/mol. The van der Waals surface area contributed by atoms with Gasteiger partial charge in [-0.2, -0.15) is 0 Å². The molecule has 30 heavy (non-hydrogen) atoms. The fraction of sp³-hybridized carbons (Fsp3) is 0.318. The van der Waals surface area contributed by atoms with Gasteiger partial charge in [0.1, 0.15) is 17.9 Å². The van der Waals surface area contributed by atoms with Crippen LogP contribution in [0.5, 0.6) is 5.75 Å². The highest BCUT2D eigenvalue weighted by molar-refractivity contribution is 7.17. The molecule has 1 aromatic carbocycles. The lowest BCUT2D eigenvalue weighted by Gasteiger charge is -2.10. The molecule has 0 N–H and O–H groups in total. The zero-order valence-corrected chi connectivity index (χ0v) is 17.3. The van der Waals surface area contributed by atoms with Crippen molar-refractivity contribution in [1.82, 2.24) is 9.38 Å². The molecule has 0 aliphatic heterocycles. The second-order valence-electron chi connectivity index (χ2n) is 7.34. The van der Waals surface area contributed by atoms with Gasteiger partial charge in [0, 0.05) is 33.7 Å². The van der Waals surface area contributed by atoms with Gasteiger partial charge in [-0.3, -0.25) is 14.0 Å². The molecule has 0 spiro atoms. The van der Waals surface area contributed by atoms with Crippen molar-refractivity contribution in [1.29, 1.82) is 0 Å². The van der Waals surface area contributed by atoms with Crippen LogP contribution in [0.2, 0.25) is 0 Å². The van der Waals surface area contributed by atoms with Crippen molar-refractivity contribution in [3.63, 3.8) is 0 Å². The highest BCUT2D eigenvalue weighted by Gasteiger charge is 2.19. The molecule has 0 saturated carbocycles. The van der Waals surface area contributed by atoms with E-state index in [2.05, 4.69) is 4.98 Å². The maximum atomic E-state index is 12.6. The molecule has 0 radical (unpaired) electrons. The number of hydrogen-bond donors (Lipinski definition) is 0. The van der Waals surface area contributed by atoms with Crippen molar-refractivity contribution >= 4 is 33.2 Å². The molecule has 0 atom stereocenters. The summed E-state index contributed by atoms with van der Waals surface area (Å²) < 4.78 is 17.8. The first-order valence-electron chi connectivity index (χ1n) is 9.85. The van der Waals surface area contributed by atoms with Crippen LogP contribution >= 0.6 is 11.3 Å². The summed E-state index contributed by atoms with van der Waals surface area (Å²) in [6.07, 6.45) is 5.79. The van der Waals surface area contributed by atoms with Crippen LogP contribution in [0.15, 0.2) is 39.7 Å². The highest BCUT2D eigenvalue weighted by atomic mass is 32.1. The minimum Gasteiger partial charge on any atom is -0.497 e. The van der Waals surface area contributed by atoms with E-state index in [4.69, 9.17) is 13.9 Å². The molecule has 7 nitrogen and oxygen atoms in total. The number of methoxy groups -OCH3 is 1. The van der Waals surface area contributed by atoms with Crippen LogP contribution in [0.3, 0.4) is 0 Å². The van der Waals surface area contributed by atoms with E-state index < -0.39 is 5.97 Å². The summed E-state index contributed by atoms with van der Waals surface area (Å²) in [4.78, 5) is 31.4. The van der Waals surface area contributed by atoms with Gasteiger partial charge in [0.05, 0.1) is 25.5 Å². The molecule has 3 heterocycles. The van der Waals surface area contributed by atoms with Crippen LogP contribution in [0.25, 0.3) is 15.9 Å². The summed E-state index contributed by atoms with van der Waals surface area (Å²) >= 11 is 1.56. The molecule has 0 amide bonds. The number of esters is 1. The SMILES string of the molecule is COc1ccc2c(CC(=O)OCc3cc(=O)n4c5c(sc4n3)CCCC5)coc2c1. The molecular weight excluding hydrogens is 404 g/mol. The van der Waals surface area contributed by atoms with Crippen LogP contribution in [0.4, 0.5) is 0 Å². The second-order valence-corrected chi connectivity index (χ2v) is 8.41. The number of ether oxygens (including phenoxy) is 2. The number of carbonyl (C=O) groups excluding carboxylic acids is 1. The molecule has 8 heteroatoms. The highest BCUT2D eigenvalue weighted by Crippen LogP contribution is 2.28. The maximum Gasteiger partial charge on any atom is 0.310 e. The lowest BCUT2D eigenvalue weighted by atomic mass is 10.0. The minimum atomic E-state index is -0.402. The van der Waals surface area contributed by atoms with Crippen molar-refractivity contribution in [2.24, 2.45) is 0 Å². The van der Waals surface area contributed by atoms with E-state index in [0.717, 1.165) is 42.3 Å². The molecule has 1 aliphatic carbocycles. The van der Waals surface area contributed by atoms with Crippen molar-refractivity contribution in [2.45, 2.75) is 38.7 Å². The van der Waals surface area contributed by atoms with Crippen molar-refractivity contribution in [2.75, 3.05) is 7.11 Å². The molecule has 5 rings (SSSR count). The number of carbonyl (C=O) groups is 1. The standard InChI is InChI=1S/C22H20N2O5S/c1-27-15-6-7-16-13(11-28-18(16)10-15)8-21(26)29-12-14-9-20(25)24-17-4-2-3-5-19(17)30-22(24)23-14/h6-7,9-11H,2-5,8,12H2,1H3. The Morgan fingerprint density at radius 3 is 3.00 bits per heavy atom. The van der Waals surface area contributed by atoms with E-state index in [1.165, 1.54) is 10.9 Å². The summed E-state index contributed by atoms with van der Waals surface area (Å²) in [5.41, 5.74) is 2.84. The number of rotatable bonds is 5. The van der Waals surface area contributed by atoms with Crippen LogP contribution in [-0.2, 0) is 35.4 Å². The first-order valence-corrected chi connectivity index (χ1v) is 10.7. The van der Waals surface area contributed by atoms with Gasteiger partial charge in [-0.25, -0.2) is 4.98 Å². The van der Waals surface area contributed by atoms with E-state index in [-0.39, 0.29) is 18.6 Å². The maximum absolute atomic E-state index is 12.6. The Kier molecular flexibility index (Phi) is 4.78. The van der Waals surface area contributed by atoms with Crippen LogP contribution in [-0.4, -0.2) is 22.5 Å². The van der Waals surface area contributed by atoms with Crippen LogP contribution in [0, 0.1) is 0 Å². The van der Waals surface area contributed by atoms with Gasteiger partial charge in [-0.1, -0.05) is 0 Å². The molecule has 4 aromatic rings. The monoisotopic (exact) mass is 424 g/mol. The molecule has 0 bridgehead atoms. The van der Waals surface area contributed by atoms with Gasteiger partial charge < -0.3 is 13.9 Å². The first kappa shape index (κ1) is 18.9. The Morgan fingerprint density at radius 2 is 2.13 bits per heavy atom. The summed E-state index contributed by atoms with van der Waals surface area (Å²) in [6.45, 7) is -0.0310. The smallest absolute Gasteiger partial charge is 0.310 e. The normalized spacial score (nSPS) is 13.5. The summed E-state index contributed by atoms with van der Waals surface area (Å²) in [7, 11) is 1.59. The molecule has 0 saturated heterocycles. The third-order valence-electron chi connectivity index (χ3n) is 5.39. The Morgan fingerprint density at radius 1 is 1.27 bits per heavy atom. The van der Waals surface area contributed by atoms with Crippen LogP contribution in [0.1, 0.15) is 34.7 Å². The molecule has 3 aromatic heterocycles. The van der Waals surface area contributed by atoms with Gasteiger partial charge in [0.25, 0.3) is 5.56 Å². The van der Waals surface area contributed by atoms with Crippen molar-refractivity contribution in [3.8, 4) is 5.75 Å². The lowest BCUT2D eigenvalue weighted by Crippen LogP contribution is -2.18. The summed E-state index contributed by atoms with van der Waals surface area (Å²) in [6, 6.07) is 6.91. The van der Waals surface area contributed by atoms with Gasteiger partial charge in [0.15, 0.2) is 4.96 Å². The number of nitrogens with zero attached hydrogens (tertiary/aromatic N) is 2. The fourth-order valence-corrected chi connectivity index (χ4v) is 5.14. The Labute approximate surface area is 175 Å². The second kappa shape index (κ2) is 7.60. The van der Waals surface area contributed by atoms with Gasteiger partial charge in [-0.15, -0.1) is 11.3 Å². The van der Waals surface area contributed by atoms with Crippen LogP contribution < -0.4 is 10.3 Å². The first-order chi connectivity index (χ1) is 14.6. The molecule has 1 aliphatic rings. The molecule has 154 valence electrons. The van der Waals surface area contributed by atoms with Gasteiger partial charge in [-0.05, 0) is 37.8 Å². The number of aromatic nitrogens is 2. The van der Waals surface area contributed by atoms with Crippen molar-refractivity contribution in [3.05, 3.63) is 62.7 Å². The van der Waals surface area contributed by atoms with Gasteiger partial charge >= 0.3 is 5.97 Å². The average Bonchev–Trinajstić information content (AvgIpc) is 3.33. The minimum absolute atomic E-state index is 0.0310. The number of furan rings is 1. The van der Waals surface area contributed by atoms with Gasteiger partial charge in [0.2, 0.25) is 0 Å². The average molecular weight is 424 g/mol. The third-order valence-corrected chi connectivity index (χ3v) is 6.54. The third kappa shape index (κ3) is 3.37. The summed E-state index contributed by atoms with van der Waals surface area (Å²) in [5, 5.41) is 0.842. The molecule has 0 fully saturated rings. The summed E-state index contributed by atoms with van der Waals surface area (Å²) in [5.74, 6) is 0.287. The predicted octanol–water partition coefficient (Wildman–Crippen LogP) is 3.68. The molecular formula is C22H20N2O5S. The van der Waals surface area contributed by atoms with E-state index in [1.807, 2.05) is 12.1 Å². The number of benzene rings is 1. The van der Waals surface area contributed by atoms with E-state index in [1.54, 1.807) is 35.2 Å². The topological polar surface area (TPSA) is 83.0 Å². The van der Waals surface area contributed by atoms with E-state index >= 15 is 0 Å². The van der Waals surface area contributed by atoms with E-state index in [9.17, 15) is 9.59 Å². The lowest BCUT2D eigenvalue weighted by molar-refractivity contribution is -0.144. The fourth-order valence-electron chi connectivity index (χ4n) is 3.90. The number of thiazole rings is 1. The largest absolute Gasteiger partial charge is 0.497 e. The zero-order valence-electron chi connectivity index (χ0n) is 16.5. The number of fused-ring (bicyclic) bond motifs is 4. The Balaban J connectivity index is 1.31. The van der Waals surface area contributed by atoms with Crippen molar-refractivity contribution < 1.29 is 18.7 Å². The Hall–Kier alpha value is -3.13. The zero-order chi connectivity index (χ0) is 20.7. The number of aryl methyl sites for hydroxylation is 2. The number of hydrogen-bond acceptors (Lipinski definition) is 7. The Bertz CT molecular complexity index is 1320. The van der Waals surface area contributed by atoms with E-state index in [0.29, 0.717) is 22.0 Å². The quantitative estimate of drug-likeness (QED) is 0.455.